The molecule has 0 N–H and O–H groups in total. The summed E-state index contributed by atoms with van der Waals surface area (Å²) in [7, 11) is 0. The molecule has 11 heavy (non-hydrogen) atoms. The van der Waals surface area contributed by atoms with Gasteiger partial charge in [-0.15, -0.1) is 6.58 Å². The second-order valence-corrected chi connectivity index (χ2v) is 2.57. The lowest BCUT2D eigenvalue weighted by molar-refractivity contribution is 0.200. The molecular weight excluding hydrogens is 136 g/mol. The van der Waals surface area contributed by atoms with Crippen LogP contribution in [0.5, 0.6) is 0 Å². The van der Waals surface area contributed by atoms with Gasteiger partial charge in [0, 0.05) is 6.42 Å². The first kappa shape index (κ1) is 10.3. The highest BCUT2D eigenvalue weighted by Gasteiger charge is 1.91. The molecule has 0 heterocycles. The predicted molar refractivity (Wildman–Crippen MR) is 49.4 cm³/mol. The second-order valence-electron chi connectivity index (χ2n) is 2.57. The Bertz CT molecular complexity index is 116. The van der Waals surface area contributed by atoms with Crippen molar-refractivity contribution in [3.63, 3.8) is 0 Å². The van der Waals surface area contributed by atoms with Crippen LogP contribution >= 0.6 is 0 Å². The molecular formula is C10H18O. The Morgan fingerprint density at radius 3 is 2.82 bits per heavy atom. The van der Waals surface area contributed by atoms with Crippen molar-refractivity contribution in [3.05, 3.63) is 25.0 Å². The smallest absolute Gasteiger partial charge is 0.0891 e. The van der Waals surface area contributed by atoms with Gasteiger partial charge in [0.15, 0.2) is 0 Å². The maximum atomic E-state index is 5.34. The van der Waals surface area contributed by atoms with Crippen LogP contribution in [0.2, 0.25) is 0 Å². The Labute approximate surface area is 69.8 Å². The topological polar surface area (TPSA) is 9.23 Å². The van der Waals surface area contributed by atoms with Crippen LogP contribution in [0.25, 0.3) is 0 Å². The minimum absolute atomic E-state index is 0.812. The molecule has 0 radical (unpaired) electrons. The fraction of sp³-hybridized carbons (Fsp3) is 0.600. The van der Waals surface area contributed by atoms with E-state index in [1.54, 1.807) is 0 Å². The van der Waals surface area contributed by atoms with E-state index in [2.05, 4.69) is 20.1 Å². The summed E-state index contributed by atoms with van der Waals surface area (Å²) in [5.41, 5.74) is 0. The highest BCUT2D eigenvalue weighted by Crippen LogP contribution is 2.05. The third-order valence-corrected chi connectivity index (χ3v) is 1.43. The Morgan fingerprint density at radius 1 is 1.55 bits per heavy atom. The van der Waals surface area contributed by atoms with Gasteiger partial charge >= 0.3 is 0 Å². The molecule has 0 aliphatic carbocycles. The van der Waals surface area contributed by atoms with Crippen molar-refractivity contribution >= 4 is 0 Å². The van der Waals surface area contributed by atoms with E-state index >= 15 is 0 Å². The quantitative estimate of drug-likeness (QED) is 0.310. The summed E-state index contributed by atoms with van der Waals surface area (Å²) in [5.74, 6) is 0.887. The van der Waals surface area contributed by atoms with E-state index in [0.29, 0.717) is 0 Å². The number of hydrogen-bond donors (Lipinski definition) is 0. The minimum Gasteiger partial charge on any atom is -0.499 e. The molecule has 1 nitrogen and oxygen atoms in total. The van der Waals surface area contributed by atoms with Gasteiger partial charge in [-0.3, -0.25) is 0 Å². The molecule has 0 spiro atoms. The summed E-state index contributed by atoms with van der Waals surface area (Å²) in [6.45, 7) is 10.4. The van der Waals surface area contributed by atoms with Crippen LogP contribution in [-0.2, 0) is 4.74 Å². The SMILES string of the molecule is C=CCCC(=C)OCCCC. The van der Waals surface area contributed by atoms with Crippen molar-refractivity contribution in [2.24, 2.45) is 0 Å². The molecule has 0 bridgehead atoms. The highest BCUT2D eigenvalue weighted by atomic mass is 16.5. The van der Waals surface area contributed by atoms with Gasteiger partial charge in [0.05, 0.1) is 12.4 Å². The van der Waals surface area contributed by atoms with Crippen LogP contribution < -0.4 is 0 Å². The third kappa shape index (κ3) is 7.17. The monoisotopic (exact) mass is 154 g/mol. The van der Waals surface area contributed by atoms with Crippen molar-refractivity contribution in [1.29, 1.82) is 0 Å². The van der Waals surface area contributed by atoms with E-state index in [9.17, 15) is 0 Å². The van der Waals surface area contributed by atoms with E-state index in [1.165, 1.54) is 6.42 Å². The minimum atomic E-state index is 0.812. The van der Waals surface area contributed by atoms with E-state index in [1.807, 2.05) is 6.08 Å². The number of ether oxygens (including phenoxy) is 1. The summed E-state index contributed by atoms with van der Waals surface area (Å²) < 4.78 is 5.34. The zero-order valence-corrected chi connectivity index (χ0v) is 7.44. The summed E-state index contributed by atoms with van der Waals surface area (Å²) >= 11 is 0. The average molecular weight is 154 g/mol. The van der Waals surface area contributed by atoms with Gasteiger partial charge in [-0.25, -0.2) is 0 Å². The Morgan fingerprint density at radius 2 is 2.27 bits per heavy atom. The fourth-order valence-corrected chi connectivity index (χ4v) is 0.696. The average Bonchev–Trinajstić information content (AvgIpc) is 2.01. The normalized spacial score (nSPS) is 9.18. The van der Waals surface area contributed by atoms with Gasteiger partial charge in [-0.1, -0.05) is 26.0 Å². The number of rotatable bonds is 7. The van der Waals surface area contributed by atoms with Gasteiger partial charge < -0.3 is 4.74 Å². The maximum Gasteiger partial charge on any atom is 0.0891 e. The number of allylic oxidation sites excluding steroid dienone is 2. The summed E-state index contributed by atoms with van der Waals surface area (Å²) in [6.07, 6.45) is 6.05. The zero-order valence-electron chi connectivity index (χ0n) is 7.44. The number of hydrogen-bond acceptors (Lipinski definition) is 1. The molecule has 0 rings (SSSR count). The molecule has 0 aliphatic heterocycles. The van der Waals surface area contributed by atoms with E-state index in [-0.39, 0.29) is 0 Å². The second kappa shape index (κ2) is 7.39. The van der Waals surface area contributed by atoms with Crippen molar-refractivity contribution in [3.8, 4) is 0 Å². The van der Waals surface area contributed by atoms with Gasteiger partial charge in [0.25, 0.3) is 0 Å². The van der Waals surface area contributed by atoms with Crippen molar-refractivity contribution in [2.45, 2.75) is 32.6 Å². The fourth-order valence-electron chi connectivity index (χ4n) is 0.696. The van der Waals surface area contributed by atoms with E-state index in [4.69, 9.17) is 4.74 Å². The van der Waals surface area contributed by atoms with Crippen LogP contribution in [0.3, 0.4) is 0 Å². The van der Waals surface area contributed by atoms with Crippen molar-refractivity contribution in [2.75, 3.05) is 6.61 Å². The molecule has 0 saturated heterocycles. The molecule has 1 heteroatoms. The molecule has 0 aromatic rings. The summed E-state index contributed by atoms with van der Waals surface area (Å²) in [6, 6.07) is 0. The van der Waals surface area contributed by atoms with Gasteiger partial charge in [-0.05, 0) is 12.8 Å². The van der Waals surface area contributed by atoms with Crippen LogP contribution in [0.1, 0.15) is 32.6 Å². The summed E-state index contributed by atoms with van der Waals surface area (Å²) in [4.78, 5) is 0. The Hall–Kier alpha value is -0.720. The zero-order chi connectivity index (χ0) is 8.53. The Balaban J connectivity index is 3.15. The molecule has 0 amide bonds. The molecule has 64 valence electrons. The lowest BCUT2D eigenvalue weighted by Crippen LogP contribution is -1.92. The van der Waals surface area contributed by atoms with Crippen molar-refractivity contribution in [1.82, 2.24) is 0 Å². The maximum absolute atomic E-state index is 5.34. The third-order valence-electron chi connectivity index (χ3n) is 1.43. The first-order chi connectivity index (χ1) is 5.31. The lowest BCUT2D eigenvalue weighted by Gasteiger charge is -2.06. The molecule has 0 fully saturated rings. The van der Waals surface area contributed by atoms with Crippen molar-refractivity contribution < 1.29 is 4.74 Å². The van der Waals surface area contributed by atoms with E-state index < -0.39 is 0 Å². The highest BCUT2D eigenvalue weighted by molar-refractivity contribution is 4.85. The summed E-state index contributed by atoms with van der Waals surface area (Å²) in [5, 5.41) is 0. The number of unbranched alkanes of at least 4 members (excludes halogenated alkanes) is 1. The van der Waals surface area contributed by atoms with Gasteiger partial charge in [0.2, 0.25) is 0 Å². The Kier molecular flexibility index (Phi) is 6.90. The van der Waals surface area contributed by atoms with E-state index in [0.717, 1.165) is 31.6 Å². The van der Waals surface area contributed by atoms with Gasteiger partial charge in [0.1, 0.15) is 0 Å². The molecule has 0 unspecified atom stereocenters. The van der Waals surface area contributed by atoms with Gasteiger partial charge in [-0.2, -0.15) is 0 Å². The molecule has 0 aromatic carbocycles. The largest absolute Gasteiger partial charge is 0.499 e. The van der Waals surface area contributed by atoms with Crippen LogP contribution in [0.15, 0.2) is 25.0 Å². The lowest BCUT2D eigenvalue weighted by atomic mass is 10.3. The van der Waals surface area contributed by atoms with Crippen LogP contribution in [-0.4, -0.2) is 6.61 Å². The molecule has 0 aromatic heterocycles. The van der Waals surface area contributed by atoms with Crippen LogP contribution in [0.4, 0.5) is 0 Å². The standard InChI is InChI=1S/C10H18O/c1-4-6-8-10(3)11-9-7-5-2/h4H,1,3,5-9H2,2H3. The molecule has 0 aliphatic rings. The predicted octanol–water partition coefficient (Wildman–Crippen LogP) is 3.28. The first-order valence-corrected chi connectivity index (χ1v) is 4.22. The molecule has 0 saturated carbocycles. The molecule has 0 atom stereocenters. The van der Waals surface area contributed by atoms with Crippen LogP contribution in [0, 0.1) is 0 Å². The first-order valence-electron chi connectivity index (χ1n) is 4.22.